The molecule has 0 bridgehead atoms. The van der Waals surface area contributed by atoms with Crippen LogP contribution in [0.5, 0.6) is 5.75 Å². The van der Waals surface area contributed by atoms with E-state index < -0.39 is 0 Å². The lowest BCUT2D eigenvalue weighted by Crippen LogP contribution is -2.14. The summed E-state index contributed by atoms with van der Waals surface area (Å²) in [5.74, 6) is 0.406. The Morgan fingerprint density at radius 3 is 2.24 bits per heavy atom. The van der Waals surface area contributed by atoms with Gasteiger partial charge in [0.05, 0.1) is 11.4 Å². The molecule has 2 N–H and O–H groups in total. The Labute approximate surface area is 151 Å². The molecule has 110 valence electrons. The zero-order valence-corrected chi connectivity index (χ0v) is 16.1. The second-order valence-corrected chi connectivity index (χ2v) is 7.75. The molecule has 2 aromatic rings. The number of carbonyl (C=O) groups excluding carboxylic acids is 1. The average molecular weight is 496 g/mol. The summed E-state index contributed by atoms with van der Waals surface area (Å²) in [5.41, 5.74) is 0.703. The van der Waals surface area contributed by atoms with E-state index >= 15 is 0 Å². The number of hydrogen-bond donors (Lipinski definition) is 2. The van der Waals surface area contributed by atoms with Crippen LogP contribution >= 0.6 is 59.6 Å². The van der Waals surface area contributed by atoms with Crippen LogP contribution in [0, 0.1) is 0 Å². The van der Waals surface area contributed by atoms with Crippen LogP contribution in [0.1, 0.15) is 0 Å². The van der Waals surface area contributed by atoms with Crippen LogP contribution in [0.25, 0.3) is 0 Å². The van der Waals surface area contributed by atoms with Crippen molar-refractivity contribution >= 4 is 71.1 Å². The fraction of sp³-hybridized carbons (Fsp3) is 0.0714. The Bertz CT molecular complexity index is 639. The number of anilines is 1. The van der Waals surface area contributed by atoms with Crippen LogP contribution in [0.4, 0.5) is 5.69 Å². The Morgan fingerprint density at radius 2 is 1.67 bits per heavy atom. The number of benzene rings is 2. The Balaban J connectivity index is 1.97. The number of thioether (sulfide) groups is 1. The summed E-state index contributed by atoms with van der Waals surface area (Å²) in [6, 6.07) is 10.5. The van der Waals surface area contributed by atoms with Gasteiger partial charge in [-0.3, -0.25) is 4.79 Å². The summed E-state index contributed by atoms with van der Waals surface area (Å²) in [7, 11) is 0. The van der Waals surface area contributed by atoms with Gasteiger partial charge >= 0.3 is 0 Å². The summed E-state index contributed by atoms with van der Waals surface area (Å²) in [4.78, 5) is 12.9. The third-order valence-corrected chi connectivity index (χ3v) is 5.20. The molecule has 0 radical (unpaired) electrons. The zero-order chi connectivity index (χ0) is 15.4. The van der Waals surface area contributed by atoms with Gasteiger partial charge in [0.1, 0.15) is 5.75 Å². The average Bonchev–Trinajstić information content (AvgIpc) is 2.42. The van der Waals surface area contributed by atoms with Crippen molar-refractivity contribution in [2.75, 3.05) is 11.1 Å². The van der Waals surface area contributed by atoms with Crippen molar-refractivity contribution in [3.8, 4) is 5.75 Å². The molecule has 2 rings (SSSR count). The highest BCUT2D eigenvalue weighted by Crippen LogP contribution is 2.34. The molecule has 0 fully saturated rings. The minimum Gasteiger partial charge on any atom is -0.508 e. The maximum atomic E-state index is 12.0. The van der Waals surface area contributed by atoms with Crippen LogP contribution in [0.15, 0.2) is 54.7 Å². The molecule has 0 saturated carbocycles. The van der Waals surface area contributed by atoms with E-state index in [-0.39, 0.29) is 11.7 Å². The molecule has 7 heteroatoms. The number of phenolic OH excluding ortho intramolecular Hbond substituents is 1. The maximum Gasteiger partial charge on any atom is 0.234 e. The van der Waals surface area contributed by atoms with Crippen LogP contribution < -0.4 is 5.32 Å². The van der Waals surface area contributed by atoms with Gasteiger partial charge in [0.2, 0.25) is 5.91 Å². The first kappa shape index (κ1) is 16.9. The van der Waals surface area contributed by atoms with Crippen molar-refractivity contribution in [2.24, 2.45) is 0 Å². The van der Waals surface area contributed by atoms with Crippen molar-refractivity contribution in [3.05, 3.63) is 49.8 Å². The molecule has 0 aliphatic rings. The predicted octanol–water partition coefficient (Wildman–Crippen LogP) is 5.41. The van der Waals surface area contributed by atoms with Crippen molar-refractivity contribution < 1.29 is 9.90 Å². The number of aromatic hydroxyl groups is 1. The molecule has 0 saturated heterocycles. The van der Waals surface area contributed by atoms with Gasteiger partial charge in [-0.15, -0.1) is 11.8 Å². The van der Waals surface area contributed by atoms with Gasteiger partial charge in [0, 0.05) is 18.3 Å². The number of carbonyl (C=O) groups is 1. The first-order valence-electron chi connectivity index (χ1n) is 5.82. The minimum atomic E-state index is -0.100. The topological polar surface area (TPSA) is 49.3 Å². The standard InChI is InChI=1S/C14H10Br3NO2S/c15-8-5-11(16)14(12(17)6-8)18-13(20)7-21-10-3-1-9(19)2-4-10/h1-6,19H,7H2,(H,18,20). The summed E-state index contributed by atoms with van der Waals surface area (Å²) < 4.78 is 2.51. The van der Waals surface area contributed by atoms with Gasteiger partial charge in [-0.1, -0.05) is 15.9 Å². The highest BCUT2D eigenvalue weighted by molar-refractivity contribution is 9.11. The van der Waals surface area contributed by atoms with E-state index in [4.69, 9.17) is 0 Å². The maximum absolute atomic E-state index is 12.0. The number of halogens is 3. The third-order valence-electron chi connectivity index (χ3n) is 2.48. The Morgan fingerprint density at radius 1 is 1.10 bits per heavy atom. The molecule has 0 aliphatic heterocycles. The number of rotatable bonds is 4. The van der Waals surface area contributed by atoms with E-state index in [1.807, 2.05) is 12.1 Å². The first-order chi connectivity index (χ1) is 9.95. The molecule has 21 heavy (non-hydrogen) atoms. The highest BCUT2D eigenvalue weighted by Gasteiger charge is 2.11. The number of amides is 1. The summed E-state index contributed by atoms with van der Waals surface area (Å²) in [6.07, 6.45) is 0. The number of phenols is 1. The SMILES string of the molecule is O=C(CSc1ccc(O)cc1)Nc1c(Br)cc(Br)cc1Br. The lowest BCUT2D eigenvalue weighted by molar-refractivity contribution is -0.113. The molecule has 0 spiro atoms. The lowest BCUT2D eigenvalue weighted by atomic mass is 10.3. The van der Waals surface area contributed by atoms with Crippen LogP contribution in [-0.4, -0.2) is 16.8 Å². The van der Waals surface area contributed by atoms with Gasteiger partial charge < -0.3 is 10.4 Å². The molecule has 0 heterocycles. The van der Waals surface area contributed by atoms with E-state index in [9.17, 15) is 9.90 Å². The van der Waals surface area contributed by atoms with E-state index in [2.05, 4.69) is 53.1 Å². The first-order valence-corrected chi connectivity index (χ1v) is 9.18. The predicted molar refractivity (Wildman–Crippen MR) is 97.0 cm³/mol. The van der Waals surface area contributed by atoms with Crippen molar-refractivity contribution in [1.82, 2.24) is 0 Å². The number of hydrogen-bond acceptors (Lipinski definition) is 3. The largest absolute Gasteiger partial charge is 0.508 e. The van der Waals surface area contributed by atoms with Gasteiger partial charge in [-0.05, 0) is 68.3 Å². The molecule has 0 aliphatic carbocycles. The van der Waals surface area contributed by atoms with Crippen molar-refractivity contribution in [2.45, 2.75) is 4.90 Å². The van der Waals surface area contributed by atoms with Gasteiger partial charge in [0.15, 0.2) is 0 Å². The van der Waals surface area contributed by atoms with Gasteiger partial charge in [-0.2, -0.15) is 0 Å². The highest BCUT2D eigenvalue weighted by atomic mass is 79.9. The fourth-order valence-electron chi connectivity index (χ4n) is 1.53. The molecule has 2 aromatic carbocycles. The summed E-state index contributed by atoms with van der Waals surface area (Å²) in [5, 5.41) is 12.1. The van der Waals surface area contributed by atoms with Crippen LogP contribution in [0.3, 0.4) is 0 Å². The quantitative estimate of drug-likeness (QED) is 0.557. The van der Waals surface area contributed by atoms with Gasteiger partial charge in [0.25, 0.3) is 0 Å². The molecule has 0 atom stereocenters. The van der Waals surface area contributed by atoms with Crippen LogP contribution in [0.2, 0.25) is 0 Å². The normalized spacial score (nSPS) is 10.4. The monoisotopic (exact) mass is 493 g/mol. The zero-order valence-electron chi connectivity index (χ0n) is 10.6. The molecule has 0 aromatic heterocycles. The van der Waals surface area contributed by atoms with E-state index in [1.165, 1.54) is 11.8 Å². The lowest BCUT2D eigenvalue weighted by Gasteiger charge is -2.10. The number of nitrogens with one attached hydrogen (secondary N) is 1. The second kappa shape index (κ2) is 7.67. The second-order valence-electron chi connectivity index (χ2n) is 4.08. The molecule has 1 amide bonds. The smallest absolute Gasteiger partial charge is 0.234 e. The fourth-order valence-corrected chi connectivity index (χ4v) is 4.68. The van der Waals surface area contributed by atoms with E-state index in [0.717, 1.165) is 18.3 Å². The van der Waals surface area contributed by atoms with E-state index in [1.54, 1.807) is 24.3 Å². The van der Waals surface area contributed by atoms with Crippen LogP contribution in [-0.2, 0) is 4.79 Å². The van der Waals surface area contributed by atoms with Gasteiger partial charge in [-0.25, -0.2) is 0 Å². The summed E-state index contributed by atoms with van der Waals surface area (Å²) >= 11 is 11.6. The van der Waals surface area contributed by atoms with E-state index in [0.29, 0.717) is 11.4 Å². The van der Waals surface area contributed by atoms with Crippen molar-refractivity contribution in [1.29, 1.82) is 0 Å². The minimum absolute atomic E-state index is 0.100. The van der Waals surface area contributed by atoms with Crippen molar-refractivity contribution in [3.63, 3.8) is 0 Å². The Hall–Kier alpha value is -0.500. The summed E-state index contributed by atoms with van der Waals surface area (Å²) in [6.45, 7) is 0. The molecular weight excluding hydrogens is 486 g/mol. The Kier molecular flexibility index (Phi) is 6.16. The molecule has 3 nitrogen and oxygen atoms in total. The third kappa shape index (κ3) is 5.02. The molecular formula is C14H10Br3NO2S. The molecule has 0 unspecified atom stereocenters.